The second-order valence-electron chi connectivity index (χ2n) is 5.74. The zero-order valence-electron chi connectivity index (χ0n) is 14.6. The summed E-state index contributed by atoms with van der Waals surface area (Å²) < 4.78 is 5.36. The van der Waals surface area contributed by atoms with Gasteiger partial charge in [-0.05, 0) is 29.8 Å². The van der Waals surface area contributed by atoms with Crippen LogP contribution in [-0.2, 0) is 4.79 Å². The number of benzene rings is 2. The Morgan fingerprint density at radius 2 is 1.62 bits per heavy atom. The van der Waals surface area contributed by atoms with E-state index in [1.54, 1.807) is 18.2 Å². The van der Waals surface area contributed by atoms with Crippen molar-refractivity contribution in [2.45, 2.75) is 23.2 Å². The second-order valence-corrected chi connectivity index (χ2v) is 6.83. The molecule has 0 radical (unpaired) electrons. The monoisotopic (exact) mass is 443 g/mol. The zero-order valence-corrected chi connectivity index (χ0v) is 16.1. The smallest absolute Gasteiger partial charge is 0.377 e. The summed E-state index contributed by atoms with van der Waals surface area (Å²) in [6.45, 7) is 0. The van der Waals surface area contributed by atoms with Gasteiger partial charge >= 0.3 is 6.23 Å². The predicted molar refractivity (Wildman–Crippen MR) is 103 cm³/mol. The van der Waals surface area contributed by atoms with Gasteiger partial charge in [-0.1, -0.05) is 41.4 Å². The lowest BCUT2D eigenvalue weighted by Gasteiger charge is -2.27. The van der Waals surface area contributed by atoms with Gasteiger partial charge in [0.25, 0.3) is 11.6 Å². The van der Waals surface area contributed by atoms with Crippen molar-refractivity contribution in [3.63, 3.8) is 0 Å². The van der Waals surface area contributed by atoms with Gasteiger partial charge in [0, 0.05) is 12.1 Å². The highest BCUT2D eigenvalue weighted by Crippen LogP contribution is 2.25. The van der Waals surface area contributed by atoms with Gasteiger partial charge in [0.15, 0.2) is 10.9 Å². The molecule has 2 aromatic carbocycles. The van der Waals surface area contributed by atoms with Crippen LogP contribution in [0.15, 0.2) is 54.6 Å². The number of hydrogen-bond acceptors (Lipinski definition) is 7. The third-order valence-corrected chi connectivity index (χ3v) is 4.20. The van der Waals surface area contributed by atoms with E-state index in [0.29, 0.717) is 0 Å². The lowest BCUT2D eigenvalue weighted by Crippen LogP contribution is -2.54. The Morgan fingerprint density at radius 3 is 2.10 bits per heavy atom. The van der Waals surface area contributed by atoms with E-state index in [0.717, 1.165) is 12.1 Å². The molecular weight excluding hydrogens is 429 g/mol. The van der Waals surface area contributed by atoms with Crippen LogP contribution in [0.2, 0.25) is 0 Å². The Balaban J connectivity index is 2.38. The molecule has 2 rings (SSSR count). The number of aliphatic hydroxyl groups is 1. The molecule has 0 aromatic heterocycles. The Morgan fingerprint density at radius 1 is 1.03 bits per heavy atom. The number of para-hydroxylation sites is 1. The zero-order chi connectivity index (χ0) is 21.6. The number of non-ortho nitro benzene ring substituents is 1. The minimum Gasteiger partial charge on any atom is -0.428 e. The topological polar surface area (TPSA) is 145 Å². The molecule has 29 heavy (non-hydrogen) atoms. The summed E-state index contributed by atoms with van der Waals surface area (Å²) >= 11 is 11.0. The number of rotatable bonds is 9. The molecule has 0 aliphatic rings. The Labute approximate surface area is 174 Å². The first-order valence-electron chi connectivity index (χ1n) is 8.07. The first-order chi connectivity index (χ1) is 13.7. The van der Waals surface area contributed by atoms with Crippen molar-refractivity contribution in [1.82, 2.24) is 5.32 Å². The van der Waals surface area contributed by atoms with E-state index >= 15 is 0 Å². The number of halogens is 2. The Bertz CT molecular complexity index is 865. The van der Waals surface area contributed by atoms with Crippen molar-refractivity contribution in [3.8, 4) is 5.75 Å². The first kappa shape index (κ1) is 22.3. The molecule has 0 heterocycles. The van der Waals surface area contributed by atoms with Crippen LogP contribution >= 0.6 is 23.2 Å². The third-order valence-electron chi connectivity index (χ3n) is 3.81. The molecule has 2 N–H and O–H groups in total. The van der Waals surface area contributed by atoms with Crippen molar-refractivity contribution >= 4 is 34.8 Å². The van der Waals surface area contributed by atoms with Crippen LogP contribution in [0.25, 0.3) is 0 Å². The van der Waals surface area contributed by atoms with Gasteiger partial charge in [-0.2, -0.15) is 0 Å². The molecule has 1 unspecified atom stereocenters. The van der Waals surface area contributed by atoms with Gasteiger partial charge in [0.2, 0.25) is 0 Å². The fourth-order valence-corrected chi connectivity index (χ4v) is 2.55. The van der Waals surface area contributed by atoms with Crippen LogP contribution in [0.3, 0.4) is 0 Å². The lowest BCUT2D eigenvalue weighted by atomic mass is 10.0. The maximum absolute atomic E-state index is 12.0. The molecule has 0 aliphatic carbocycles. The van der Waals surface area contributed by atoms with Crippen LogP contribution in [-0.4, -0.2) is 38.0 Å². The second kappa shape index (κ2) is 10.0. The van der Waals surface area contributed by atoms with Crippen molar-refractivity contribution in [1.29, 1.82) is 0 Å². The average Bonchev–Trinajstić information content (AvgIpc) is 2.70. The Hall–Kier alpha value is -2.95. The summed E-state index contributed by atoms with van der Waals surface area (Å²) in [6, 6.07) is 10.8. The van der Waals surface area contributed by atoms with Crippen LogP contribution in [0, 0.1) is 20.2 Å². The Kier molecular flexibility index (Phi) is 7.71. The molecule has 0 bridgehead atoms. The van der Waals surface area contributed by atoms with E-state index < -0.39 is 39.0 Å². The maximum Gasteiger partial charge on any atom is 0.377 e. The largest absolute Gasteiger partial charge is 0.428 e. The quantitative estimate of drug-likeness (QED) is 0.262. The third kappa shape index (κ3) is 6.01. The standard InChI is InChI=1S/C17H15Cl2N3O7/c18-15(19)16(24)20-13(14(23)10-6-8-11(9-7-10)21(25)26)17(22(27)28)29-12-4-2-1-3-5-12/h1-9,13-15,17,23H,(H,20,24)/t13-,14+,17?/m0/s1. The number of hydrogen-bond donors (Lipinski definition) is 2. The number of amides is 1. The van der Waals surface area contributed by atoms with Crippen molar-refractivity contribution in [2.75, 3.05) is 0 Å². The molecule has 154 valence electrons. The van der Waals surface area contributed by atoms with Gasteiger partial charge in [-0.15, -0.1) is 0 Å². The summed E-state index contributed by atoms with van der Waals surface area (Å²) in [5.41, 5.74) is -0.167. The van der Waals surface area contributed by atoms with Crippen LogP contribution < -0.4 is 10.1 Å². The number of aliphatic hydroxyl groups excluding tert-OH is 1. The summed E-state index contributed by atoms with van der Waals surface area (Å²) in [4.78, 5) is 31.4. The molecule has 2 aromatic rings. The van der Waals surface area contributed by atoms with Crippen LogP contribution in [0.5, 0.6) is 5.75 Å². The summed E-state index contributed by atoms with van der Waals surface area (Å²) in [5, 5.41) is 35.3. The number of nitro benzene ring substituents is 1. The predicted octanol–water partition coefficient (Wildman–Crippen LogP) is 2.60. The number of nitrogens with zero attached hydrogens (tertiary/aromatic N) is 2. The number of carbonyl (C=O) groups excluding carboxylic acids is 1. The highest BCUT2D eigenvalue weighted by molar-refractivity contribution is 6.53. The van der Waals surface area contributed by atoms with E-state index in [2.05, 4.69) is 5.32 Å². The molecule has 10 nitrogen and oxygen atoms in total. The van der Waals surface area contributed by atoms with Crippen LogP contribution in [0.1, 0.15) is 11.7 Å². The average molecular weight is 444 g/mol. The number of nitro groups is 2. The van der Waals surface area contributed by atoms with Gasteiger partial charge in [0.1, 0.15) is 11.9 Å². The molecular formula is C17H15Cl2N3O7. The van der Waals surface area contributed by atoms with Crippen molar-refractivity contribution < 1.29 is 24.5 Å². The molecule has 0 saturated heterocycles. The summed E-state index contributed by atoms with van der Waals surface area (Å²) in [7, 11) is 0. The van der Waals surface area contributed by atoms with E-state index in [9.17, 15) is 30.1 Å². The highest BCUT2D eigenvalue weighted by atomic mass is 35.5. The minimum absolute atomic E-state index is 0.0742. The van der Waals surface area contributed by atoms with E-state index in [4.69, 9.17) is 27.9 Å². The SMILES string of the molecule is O=C(N[C@H](C(Oc1ccccc1)[N+](=O)[O-])[C@H](O)c1ccc([N+](=O)[O-])cc1)C(Cl)Cl. The highest BCUT2D eigenvalue weighted by Gasteiger charge is 2.41. The van der Waals surface area contributed by atoms with Gasteiger partial charge in [0.05, 0.1) is 9.85 Å². The maximum atomic E-state index is 12.0. The lowest BCUT2D eigenvalue weighted by molar-refractivity contribution is -0.569. The molecule has 0 aliphatic heterocycles. The molecule has 1 amide bonds. The summed E-state index contributed by atoms with van der Waals surface area (Å²) in [6.07, 6.45) is -3.58. The van der Waals surface area contributed by atoms with Gasteiger partial charge in [-0.25, -0.2) is 0 Å². The van der Waals surface area contributed by atoms with Crippen molar-refractivity contribution in [2.24, 2.45) is 0 Å². The number of alkyl halides is 2. The van der Waals surface area contributed by atoms with E-state index in [1.165, 1.54) is 24.3 Å². The van der Waals surface area contributed by atoms with Gasteiger partial charge < -0.3 is 15.2 Å². The van der Waals surface area contributed by atoms with Crippen LogP contribution in [0.4, 0.5) is 5.69 Å². The minimum atomic E-state index is -1.92. The molecule has 0 fully saturated rings. The number of nitrogens with one attached hydrogen (secondary N) is 1. The normalized spacial score (nSPS) is 13.9. The van der Waals surface area contributed by atoms with Crippen molar-refractivity contribution in [3.05, 3.63) is 80.4 Å². The van der Waals surface area contributed by atoms with Gasteiger partial charge in [-0.3, -0.25) is 25.0 Å². The van der Waals surface area contributed by atoms with E-state index in [-0.39, 0.29) is 17.0 Å². The molecule has 12 heteroatoms. The fraction of sp³-hybridized carbons (Fsp3) is 0.235. The molecule has 3 atom stereocenters. The number of ether oxygens (including phenoxy) is 1. The number of carbonyl (C=O) groups is 1. The first-order valence-corrected chi connectivity index (χ1v) is 8.94. The fourth-order valence-electron chi connectivity index (χ4n) is 2.42. The van der Waals surface area contributed by atoms with E-state index in [1.807, 2.05) is 0 Å². The molecule has 0 saturated carbocycles. The summed E-state index contributed by atoms with van der Waals surface area (Å²) in [5.74, 6) is -0.861. The molecule has 0 spiro atoms.